The first kappa shape index (κ1) is 38.0. The molecule has 1 aliphatic rings. The molecule has 0 saturated heterocycles. The average Bonchev–Trinajstić information content (AvgIpc) is 3.31. The summed E-state index contributed by atoms with van der Waals surface area (Å²) in [6.45, 7) is 8.42. The second-order valence-corrected chi connectivity index (χ2v) is 14.9. The van der Waals surface area contributed by atoms with Crippen molar-refractivity contribution in [2.45, 2.75) is 32.9 Å². The molecule has 1 aliphatic heterocycles. The van der Waals surface area contributed by atoms with Gasteiger partial charge in [0.1, 0.15) is 17.8 Å². The lowest BCUT2D eigenvalue weighted by Crippen LogP contribution is -2.33. The van der Waals surface area contributed by atoms with E-state index >= 15 is 0 Å². The van der Waals surface area contributed by atoms with Crippen molar-refractivity contribution in [3.63, 3.8) is 0 Å². The predicted molar refractivity (Wildman–Crippen MR) is 249 cm³/mol. The Labute approximate surface area is 351 Å². The molecule has 0 fully saturated rings. The summed E-state index contributed by atoms with van der Waals surface area (Å²) in [5.41, 5.74) is 11.5. The molecule has 0 spiro atoms. The first-order valence-electron chi connectivity index (χ1n) is 20.5. The number of amidine groups is 2. The van der Waals surface area contributed by atoms with Crippen molar-refractivity contribution in [1.29, 1.82) is 0 Å². The highest BCUT2D eigenvalue weighted by Gasteiger charge is 2.22. The molecule has 60 heavy (non-hydrogen) atoms. The first-order chi connectivity index (χ1) is 29.5. The summed E-state index contributed by atoms with van der Waals surface area (Å²) in [4.78, 5) is 24.2. The largest absolute Gasteiger partial charge is 0.344 e. The molecule has 0 radical (unpaired) electrons. The molecule has 1 N–H and O–H groups in total. The Balaban J connectivity index is 1.11. The molecule has 0 aliphatic carbocycles. The van der Waals surface area contributed by atoms with Gasteiger partial charge in [-0.25, -0.2) is 24.9 Å². The van der Waals surface area contributed by atoms with Crippen molar-refractivity contribution in [1.82, 2.24) is 20.3 Å². The summed E-state index contributed by atoms with van der Waals surface area (Å²) in [5.74, 6) is 3.40. The van der Waals surface area contributed by atoms with E-state index in [-0.39, 0.29) is 6.17 Å². The monoisotopic (exact) mass is 776 g/mol. The number of fused-ring (bicyclic) bond motifs is 1. The van der Waals surface area contributed by atoms with E-state index in [2.05, 4.69) is 151 Å². The molecule has 6 heteroatoms. The third-order valence-electron chi connectivity index (χ3n) is 10.7. The third-order valence-corrected chi connectivity index (χ3v) is 10.7. The van der Waals surface area contributed by atoms with E-state index in [1.165, 1.54) is 10.8 Å². The molecule has 9 rings (SSSR count). The zero-order valence-electron chi connectivity index (χ0n) is 33.8. The van der Waals surface area contributed by atoms with E-state index in [4.69, 9.17) is 20.0 Å². The van der Waals surface area contributed by atoms with Crippen LogP contribution in [0.2, 0.25) is 0 Å². The van der Waals surface area contributed by atoms with Gasteiger partial charge in [-0.2, -0.15) is 0 Å². The van der Waals surface area contributed by atoms with Crippen LogP contribution in [0.3, 0.4) is 0 Å². The number of benzene rings is 7. The Morgan fingerprint density at radius 3 is 1.87 bits per heavy atom. The van der Waals surface area contributed by atoms with Gasteiger partial charge in [-0.05, 0) is 69.1 Å². The highest BCUT2D eigenvalue weighted by molar-refractivity contribution is 6.13. The van der Waals surface area contributed by atoms with Crippen LogP contribution in [0.5, 0.6) is 0 Å². The van der Waals surface area contributed by atoms with E-state index in [1.54, 1.807) is 0 Å². The quantitative estimate of drug-likeness (QED) is 0.133. The molecule has 2 heterocycles. The summed E-state index contributed by atoms with van der Waals surface area (Å²) in [6.07, 6.45) is 5.87. The number of nitrogens with zero attached hydrogens (tertiary/aromatic N) is 5. The maximum Gasteiger partial charge on any atom is 0.163 e. The number of nitrogens with one attached hydrogen (secondary N) is 1. The third kappa shape index (κ3) is 8.09. The van der Waals surface area contributed by atoms with Crippen molar-refractivity contribution >= 4 is 22.4 Å². The molecule has 0 amide bonds. The molecule has 6 nitrogen and oxygen atoms in total. The number of allylic oxidation sites excluding steroid dienone is 1. The maximum atomic E-state index is 5.08. The molecular weight excluding hydrogens is 733 g/mol. The van der Waals surface area contributed by atoms with Gasteiger partial charge < -0.3 is 5.32 Å². The fourth-order valence-corrected chi connectivity index (χ4v) is 7.63. The van der Waals surface area contributed by atoms with Gasteiger partial charge in [0, 0.05) is 22.3 Å². The van der Waals surface area contributed by atoms with Gasteiger partial charge in [-0.15, -0.1) is 0 Å². The Hall–Kier alpha value is -7.57. The molecule has 8 aromatic rings. The zero-order chi connectivity index (χ0) is 40.8. The minimum atomic E-state index is -0.345. The van der Waals surface area contributed by atoms with Crippen molar-refractivity contribution in [3.8, 4) is 56.2 Å². The minimum absolute atomic E-state index is 0.345. The second kappa shape index (κ2) is 17.1. The molecule has 1 unspecified atom stereocenters. The Kier molecular flexibility index (Phi) is 10.8. The van der Waals surface area contributed by atoms with Gasteiger partial charge in [0.2, 0.25) is 0 Å². The number of hydrogen-bond donors (Lipinski definition) is 1. The number of aromatic nitrogens is 3. The van der Waals surface area contributed by atoms with Gasteiger partial charge in [0.25, 0.3) is 0 Å². The normalized spacial score (nSPS) is 13.8. The maximum absolute atomic E-state index is 5.08. The number of aliphatic imine (C=N–C) groups is 2. The topological polar surface area (TPSA) is 75.4 Å². The summed E-state index contributed by atoms with van der Waals surface area (Å²) in [7, 11) is 0. The van der Waals surface area contributed by atoms with E-state index in [0.717, 1.165) is 79.9 Å². The molecule has 7 aromatic carbocycles. The van der Waals surface area contributed by atoms with Crippen LogP contribution in [-0.4, -0.2) is 26.6 Å². The SMILES string of the molecule is C=C(/C=C\CCC)C1=NC(c2ccc(-c3c(-c4ccc(-c5nc(C)nc(-c6ccccc6)n5)cc4)cccc3-c3ccc4ccccc4c3)cc2)NC(c2ccccc2)=N1. The number of unbranched alkanes of at least 4 members (excludes halogenated alkanes) is 1. The summed E-state index contributed by atoms with van der Waals surface area (Å²) >= 11 is 0. The molecule has 290 valence electrons. The molecule has 0 saturated carbocycles. The van der Waals surface area contributed by atoms with Gasteiger partial charge in [-0.3, -0.25) is 0 Å². The highest BCUT2D eigenvalue weighted by Crippen LogP contribution is 2.41. The van der Waals surface area contributed by atoms with E-state index in [9.17, 15) is 0 Å². The number of aryl methyl sites for hydroxylation is 1. The highest BCUT2D eigenvalue weighted by atomic mass is 15.2. The van der Waals surface area contributed by atoms with Crippen molar-refractivity contribution in [2.24, 2.45) is 9.98 Å². The van der Waals surface area contributed by atoms with E-state index in [1.807, 2.05) is 61.5 Å². The van der Waals surface area contributed by atoms with Crippen LogP contribution in [0.15, 0.2) is 204 Å². The van der Waals surface area contributed by atoms with Crippen LogP contribution >= 0.6 is 0 Å². The van der Waals surface area contributed by atoms with Gasteiger partial charge >= 0.3 is 0 Å². The minimum Gasteiger partial charge on any atom is -0.344 e. The van der Waals surface area contributed by atoms with Crippen LogP contribution in [0.25, 0.3) is 66.9 Å². The Bertz CT molecular complexity index is 2910. The van der Waals surface area contributed by atoms with E-state index < -0.39 is 0 Å². The van der Waals surface area contributed by atoms with Crippen LogP contribution < -0.4 is 5.32 Å². The molecule has 0 bridgehead atoms. The lowest BCUT2D eigenvalue weighted by Gasteiger charge is -2.24. The van der Waals surface area contributed by atoms with Gasteiger partial charge in [0.05, 0.1) is 0 Å². The standard InChI is InChI=1S/C54H44N6/c1-4-5-8-16-36(2)50-57-53(42-20-11-7-12-21-42)60-54(58-50)44-32-28-40(29-33-44)49-47(23-15-24-48(49)46-34-25-38-17-13-14-22-45(38)35-46)39-26-30-43(31-27-39)52-56-37(3)55-51(59-52)41-18-9-6-10-19-41/h6-35,54H,2,4-5H2,1,3H3,(H,57,58,60)/b16-8-. The smallest absolute Gasteiger partial charge is 0.163 e. The summed E-state index contributed by atoms with van der Waals surface area (Å²) in [6, 6.07) is 59.4. The lowest BCUT2D eigenvalue weighted by atomic mass is 9.86. The van der Waals surface area contributed by atoms with Crippen molar-refractivity contribution < 1.29 is 0 Å². The Morgan fingerprint density at radius 2 is 1.17 bits per heavy atom. The molecule has 1 aromatic heterocycles. The van der Waals surface area contributed by atoms with Crippen LogP contribution in [-0.2, 0) is 0 Å². The van der Waals surface area contributed by atoms with E-state index in [0.29, 0.717) is 23.3 Å². The average molecular weight is 777 g/mol. The fraction of sp³-hybridized carbons (Fsp3) is 0.0926. The lowest BCUT2D eigenvalue weighted by molar-refractivity contribution is 0.674. The van der Waals surface area contributed by atoms with Gasteiger partial charge in [-0.1, -0.05) is 196 Å². The van der Waals surface area contributed by atoms with Crippen LogP contribution in [0.4, 0.5) is 0 Å². The summed E-state index contributed by atoms with van der Waals surface area (Å²) < 4.78 is 0. The van der Waals surface area contributed by atoms with Gasteiger partial charge in [0.15, 0.2) is 17.5 Å². The first-order valence-corrected chi connectivity index (χ1v) is 20.5. The number of rotatable bonds is 11. The zero-order valence-corrected chi connectivity index (χ0v) is 33.8. The van der Waals surface area contributed by atoms with Crippen molar-refractivity contribution in [2.75, 3.05) is 0 Å². The molecule has 1 atom stereocenters. The summed E-state index contributed by atoms with van der Waals surface area (Å²) in [5, 5.41) is 6.02. The van der Waals surface area contributed by atoms with Crippen LogP contribution in [0.1, 0.15) is 42.9 Å². The van der Waals surface area contributed by atoms with Crippen LogP contribution in [0, 0.1) is 6.92 Å². The second-order valence-electron chi connectivity index (χ2n) is 14.9. The number of hydrogen-bond acceptors (Lipinski definition) is 6. The Morgan fingerprint density at radius 1 is 0.583 bits per heavy atom. The molecular formula is C54H44N6. The fourth-order valence-electron chi connectivity index (χ4n) is 7.63. The van der Waals surface area contributed by atoms with Crippen molar-refractivity contribution in [3.05, 3.63) is 211 Å². The predicted octanol–water partition coefficient (Wildman–Crippen LogP) is 13.0.